The minimum atomic E-state index is -1.23. The summed E-state index contributed by atoms with van der Waals surface area (Å²) in [5.74, 6) is -4.01. The van der Waals surface area contributed by atoms with E-state index >= 15 is 0 Å². The van der Waals surface area contributed by atoms with Crippen LogP contribution >= 0.6 is 0 Å². The summed E-state index contributed by atoms with van der Waals surface area (Å²) >= 11 is 0. The zero-order valence-corrected chi connectivity index (χ0v) is 17.9. The summed E-state index contributed by atoms with van der Waals surface area (Å²) in [7, 11) is 0. The van der Waals surface area contributed by atoms with E-state index in [0.717, 1.165) is 23.8 Å². The smallest absolute Gasteiger partial charge is 0.255 e. The molecule has 0 aliphatic rings. The van der Waals surface area contributed by atoms with Crippen molar-refractivity contribution in [2.24, 2.45) is 0 Å². The molecule has 0 saturated heterocycles. The Morgan fingerprint density at radius 3 is 2.57 bits per heavy atom. The molecule has 5 aromatic rings. The van der Waals surface area contributed by atoms with Gasteiger partial charge in [0.15, 0.2) is 11.6 Å². The van der Waals surface area contributed by atoms with Crippen LogP contribution in [0.15, 0.2) is 85.3 Å². The van der Waals surface area contributed by atoms with Crippen molar-refractivity contribution in [3.63, 3.8) is 0 Å². The number of fused-ring (bicyclic) bond motifs is 1. The average molecular weight is 472 g/mol. The third-order valence-corrected chi connectivity index (χ3v) is 5.04. The van der Waals surface area contributed by atoms with Gasteiger partial charge in [-0.3, -0.25) is 14.8 Å². The molecule has 0 spiro atoms. The maximum absolute atomic E-state index is 14.5. The lowest BCUT2D eigenvalue weighted by molar-refractivity contribution is 0.102. The van der Waals surface area contributed by atoms with E-state index in [-0.39, 0.29) is 17.0 Å². The zero-order valence-electron chi connectivity index (χ0n) is 17.9. The van der Waals surface area contributed by atoms with Crippen LogP contribution in [-0.2, 0) is 0 Å². The molecule has 0 bridgehead atoms. The Morgan fingerprint density at radius 2 is 1.77 bits per heavy atom. The van der Waals surface area contributed by atoms with E-state index in [2.05, 4.69) is 20.3 Å². The highest BCUT2D eigenvalue weighted by atomic mass is 19.2. The monoisotopic (exact) mass is 472 g/mol. The Morgan fingerprint density at radius 1 is 0.886 bits per heavy atom. The third kappa shape index (κ3) is 4.79. The predicted octanol–water partition coefficient (Wildman–Crippen LogP) is 6.15. The van der Waals surface area contributed by atoms with E-state index in [1.54, 1.807) is 30.7 Å². The second-order valence-corrected chi connectivity index (χ2v) is 7.48. The lowest BCUT2D eigenvalue weighted by Gasteiger charge is -2.12. The Kier molecular flexibility index (Phi) is 5.80. The largest absolute Gasteiger partial charge is 0.454 e. The molecule has 3 aromatic carbocycles. The molecular weight excluding hydrogens is 457 g/mol. The van der Waals surface area contributed by atoms with Gasteiger partial charge in [-0.2, -0.15) is 4.39 Å². The van der Waals surface area contributed by atoms with E-state index < -0.39 is 29.1 Å². The van der Waals surface area contributed by atoms with Crippen LogP contribution in [-0.4, -0.2) is 20.9 Å². The van der Waals surface area contributed by atoms with Crippen molar-refractivity contribution in [1.82, 2.24) is 15.0 Å². The molecule has 0 aliphatic heterocycles. The van der Waals surface area contributed by atoms with Gasteiger partial charge in [0.05, 0.1) is 22.9 Å². The van der Waals surface area contributed by atoms with E-state index in [0.29, 0.717) is 16.7 Å². The molecule has 0 saturated carbocycles. The molecule has 5 rings (SSSR count). The molecule has 35 heavy (non-hydrogen) atoms. The van der Waals surface area contributed by atoms with Crippen LogP contribution in [0.5, 0.6) is 11.5 Å². The number of halogens is 3. The van der Waals surface area contributed by atoms with Crippen molar-refractivity contribution in [1.29, 1.82) is 0 Å². The SMILES string of the molecule is O=C(Nc1cc(F)c(F)c(Oc2ccc3ncc(-c4cccnc4)nc3c2)c1)c1cccc(F)c1. The highest BCUT2D eigenvalue weighted by Gasteiger charge is 2.16. The number of pyridine rings is 1. The van der Waals surface area contributed by atoms with Gasteiger partial charge in [-0.25, -0.2) is 13.8 Å². The van der Waals surface area contributed by atoms with Gasteiger partial charge in [0.2, 0.25) is 5.82 Å². The van der Waals surface area contributed by atoms with Gasteiger partial charge in [0.1, 0.15) is 11.6 Å². The molecule has 0 unspecified atom stereocenters. The van der Waals surface area contributed by atoms with Crippen LogP contribution < -0.4 is 10.1 Å². The number of ether oxygens (including phenoxy) is 1. The molecule has 2 heterocycles. The maximum Gasteiger partial charge on any atom is 0.255 e. The van der Waals surface area contributed by atoms with E-state index in [1.807, 2.05) is 6.07 Å². The number of carbonyl (C=O) groups is 1. The molecule has 2 aromatic heterocycles. The first kappa shape index (κ1) is 22.0. The van der Waals surface area contributed by atoms with Crippen LogP contribution in [0.25, 0.3) is 22.3 Å². The van der Waals surface area contributed by atoms with Gasteiger partial charge in [-0.05, 0) is 42.5 Å². The number of aromatic nitrogens is 3. The summed E-state index contributed by atoms with van der Waals surface area (Å²) < 4.78 is 47.7. The van der Waals surface area contributed by atoms with Crippen molar-refractivity contribution in [3.8, 4) is 22.8 Å². The Hall–Kier alpha value is -4.79. The van der Waals surface area contributed by atoms with Crippen molar-refractivity contribution in [2.45, 2.75) is 0 Å². The van der Waals surface area contributed by atoms with Crippen molar-refractivity contribution >= 4 is 22.6 Å². The Labute approximate surface area is 197 Å². The minimum Gasteiger partial charge on any atom is -0.454 e. The fourth-order valence-corrected chi connectivity index (χ4v) is 3.38. The van der Waals surface area contributed by atoms with E-state index in [4.69, 9.17) is 4.74 Å². The Balaban J connectivity index is 1.43. The standard InChI is InChI=1S/C26H15F3N4O2/c27-17-5-1-3-15(9-17)26(34)32-18-10-20(28)25(29)24(11-18)35-19-6-7-21-22(12-19)33-23(14-31-21)16-4-2-8-30-13-16/h1-14H,(H,32,34). The molecule has 6 nitrogen and oxygen atoms in total. The van der Waals surface area contributed by atoms with Crippen LogP contribution in [0.3, 0.4) is 0 Å². The van der Waals surface area contributed by atoms with Gasteiger partial charge < -0.3 is 10.1 Å². The van der Waals surface area contributed by atoms with Crippen molar-refractivity contribution in [3.05, 3.63) is 108 Å². The molecule has 9 heteroatoms. The zero-order chi connectivity index (χ0) is 24.4. The number of rotatable bonds is 5. The van der Waals surface area contributed by atoms with Crippen molar-refractivity contribution < 1.29 is 22.7 Å². The second kappa shape index (κ2) is 9.22. The molecular formula is C26H15F3N4O2. The van der Waals surface area contributed by atoms with Crippen LogP contribution in [0.4, 0.5) is 18.9 Å². The second-order valence-electron chi connectivity index (χ2n) is 7.48. The quantitative estimate of drug-likeness (QED) is 0.332. The van der Waals surface area contributed by atoms with Gasteiger partial charge >= 0.3 is 0 Å². The van der Waals surface area contributed by atoms with Gasteiger partial charge in [0, 0.05) is 47.4 Å². The first-order valence-electron chi connectivity index (χ1n) is 10.4. The number of nitrogens with one attached hydrogen (secondary N) is 1. The number of nitrogens with zero attached hydrogens (tertiary/aromatic N) is 3. The van der Waals surface area contributed by atoms with Crippen LogP contribution in [0.1, 0.15) is 10.4 Å². The van der Waals surface area contributed by atoms with E-state index in [9.17, 15) is 18.0 Å². The average Bonchev–Trinajstić information content (AvgIpc) is 2.87. The number of hydrogen-bond donors (Lipinski definition) is 1. The third-order valence-electron chi connectivity index (χ3n) is 5.04. The number of amides is 1. The molecule has 1 N–H and O–H groups in total. The van der Waals surface area contributed by atoms with Gasteiger partial charge in [-0.1, -0.05) is 6.07 Å². The summed E-state index contributed by atoms with van der Waals surface area (Å²) in [5.41, 5.74) is 2.36. The van der Waals surface area contributed by atoms with Gasteiger partial charge in [0.25, 0.3) is 5.91 Å². The first-order valence-corrected chi connectivity index (χ1v) is 10.4. The summed E-state index contributed by atoms with van der Waals surface area (Å²) in [6.45, 7) is 0. The van der Waals surface area contributed by atoms with E-state index in [1.165, 1.54) is 30.3 Å². The fraction of sp³-hybridized carbons (Fsp3) is 0. The lowest BCUT2D eigenvalue weighted by atomic mass is 10.2. The predicted molar refractivity (Wildman–Crippen MR) is 124 cm³/mol. The molecule has 1 amide bonds. The number of hydrogen-bond acceptors (Lipinski definition) is 5. The molecule has 0 fully saturated rings. The topological polar surface area (TPSA) is 77.0 Å². The number of anilines is 1. The molecule has 0 atom stereocenters. The molecule has 0 aliphatic carbocycles. The minimum absolute atomic E-state index is 0.0229. The summed E-state index contributed by atoms with van der Waals surface area (Å²) in [5, 5.41) is 2.41. The number of benzene rings is 3. The Bertz CT molecular complexity index is 1560. The normalized spacial score (nSPS) is 10.8. The summed E-state index contributed by atoms with van der Waals surface area (Å²) in [4.78, 5) is 25.4. The highest BCUT2D eigenvalue weighted by Crippen LogP contribution is 2.31. The number of carbonyl (C=O) groups excluding carboxylic acids is 1. The van der Waals surface area contributed by atoms with Crippen LogP contribution in [0.2, 0.25) is 0 Å². The fourth-order valence-electron chi connectivity index (χ4n) is 3.38. The van der Waals surface area contributed by atoms with Crippen LogP contribution in [0, 0.1) is 17.5 Å². The summed E-state index contributed by atoms with van der Waals surface area (Å²) in [6.07, 6.45) is 4.91. The van der Waals surface area contributed by atoms with Gasteiger partial charge in [-0.15, -0.1) is 0 Å². The summed E-state index contributed by atoms with van der Waals surface area (Å²) in [6, 6.07) is 15.3. The lowest BCUT2D eigenvalue weighted by Crippen LogP contribution is -2.12. The molecule has 0 radical (unpaired) electrons. The van der Waals surface area contributed by atoms with Crippen molar-refractivity contribution in [2.75, 3.05) is 5.32 Å². The first-order chi connectivity index (χ1) is 17.0. The maximum atomic E-state index is 14.5. The highest BCUT2D eigenvalue weighted by molar-refractivity contribution is 6.04. The molecule has 172 valence electrons.